The summed E-state index contributed by atoms with van der Waals surface area (Å²) in [4.78, 5) is 8.29. The number of aliphatic hydroxyl groups is 4. The Balaban J connectivity index is 1.83. The standard InChI is InChI=1S/C16H18N2O6/c19-7-11-14(21)15(22)13(16(23)24-11)17-6-9-5-4-8-2-1-3-10(20)12(8)18-9/h1-6,11,13-16,19-23H,7H2/t11-,13-,14-,15-,16-/m1/s1. The number of benzene rings is 1. The van der Waals surface area contributed by atoms with Crippen molar-refractivity contribution < 1.29 is 30.3 Å². The molecule has 128 valence electrons. The first-order valence-electron chi connectivity index (χ1n) is 7.43. The molecule has 3 rings (SSSR count). The van der Waals surface area contributed by atoms with E-state index >= 15 is 0 Å². The summed E-state index contributed by atoms with van der Waals surface area (Å²) in [6.45, 7) is -0.531. The zero-order chi connectivity index (χ0) is 17.3. The summed E-state index contributed by atoms with van der Waals surface area (Å²) in [6, 6.07) is 7.33. The summed E-state index contributed by atoms with van der Waals surface area (Å²) in [6.07, 6.45) is -3.98. The highest BCUT2D eigenvalue weighted by Gasteiger charge is 2.43. The third-order valence-electron chi connectivity index (χ3n) is 3.97. The third-order valence-corrected chi connectivity index (χ3v) is 3.97. The average Bonchev–Trinajstić information content (AvgIpc) is 2.58. The van der Waals surface area contributed by atoms with Gasteiger partial charge in [0.25, 0.3) is 0 Å². The van der Waals surface area contributed by atoms with E-state index in [0.717, 1.165) is 5.39 Å². The Morgan fingerprint density at radius 3 is 2.67 bits per heavy atom. The molecule has 1 aromatic heterocycles. The lowest BCUT2D eigenvalue weighted by Gasteiger charge is -2.38. The molecule has 1 saturated heterocycles. The maximum atomic E-state index is 10.0. The Morgan fingerprint density at radius 1 is 1.12 bits per heavy atom. The molecule has 2 heterocycles. The van der Waals surface area contributed by atoms with Gasteiger partial charge in [-0.3, -0.25) is 4.99 Å². The number of hydrogen-bond donors (Lipinski definition) is 5. The van der Waals surface area contributed by atoms with Crippen molar-refractivity contribution in [3.63, 3.8) is 0 Å². The number of aromatic nitrogens is 1. The highest BCUT2D eigenvalue weighted by Crippen LogP contribution is 2.23. The monoisotopic (exact) mass is 334 g/mol. The maximum Gasteiger partial charge on any atom is 0.180 e. The second kappa shape index (κ2) is 6.80. The SMILES string of the molecule is OC[C@H]1O[C@@H](O)[C@H](N=Cc2ccc3cccc(O)c3n2)[C@@H](O)[C@@H]1O. The number of nitrogens with zero attached hydrogens (tertiary/aromatic N) is 2. The number of aromatic hydroxyl groups is 1. The zero-order valence-electron chi connectivity index (χ0n) is 12.6. The van der Waals surface area contributed by atoms with Gasteiger partial charge >= 0.3 is 0 Å². The summed E-state index contributed by atoms with van der Waals surface area (Å²) in [5.74, 6) is 0.0324. The van der Waals surface area contributed by atoms with Gasteiger partial charge < -0.3 is 30.3 Å². The number of phenolic OH excluding ortho intramolecular Hbond substituents is 1. The molecule has 2 aromatic rings. The minimum Gasteiger partial charge on any atom is -0.506 e. The largest absolute Gasteiger partial charge is 0.506 e. The van der Waals surface area contributed by atoms with Crippen molar-refractivity contribution >= 4 is 17.1 Å². The quantitative estimate of drug-likeness (QED) is 0.462. The van der Waals surface area contributed by atoms with Gasteiger partial charge in [0, 0.05) is 11.6 Å². The number of ether oxygens (including phenoxy) is 1. The molecule has 8 nitrogen and oxygen atoms in total. The van der Waals surface area contributed by atoms with Gasteiger partial charge in [-0.1, -0.05) is 18.2 Å². The van der Waals surface area contributed by atoms with Gasteiger partial charge in [-0.25, -0.2) is 4.98 Å². The van der Waals surface area contributed by atoms with Gasteiger partial charge in [0.2, 0.25) is 0 Å². The fraction of sp³-hybridized carbons (Fsp3) is 0.375. The number of para-hydroxylation sites is 1. The van der Waals surface area contributed by atoms with Crippen LogP contribution in [-0.4, -0.2) is 74.0 Å². The third kappa shape index (κ3) is 3.10. The van der Waals surface area contributed by atoms with Crippen LogP contribution in [0.15, 0.2) is 35.3 Å². The molecule has 0 bridgehead atoms. The minimum atomic E-state index is -1.47. The number of aliphatic imine (C=N–C) groups is 1. The van der Waals surface area contributed by atoms with Crippen LogP contribution in [0.25, 0.3) is 10.9 Å². The highest BCUT2D eigenvalue weighted by molar-refractivity contribution is 5.88. The molecular weight excluding hydrogens is 316 g/mol. The number of pyridine rings is 1. The molecule has 0 amide bonds. The average molecular weight is 334 g/mol. The summed E-state index contributed by atoms with van der Waals surface area (Å²) in [5, 5.41) is 49.4. The molecule has 8 heteroatoms. The number of rotatable bonds is 3. The van der Waals surface area contributed by atoms with Crippen LogP contribution < -0.4 is 0 Å². The number of aliphatic hydroxyl groups excluding tert-OH is 4. The van der Waals surface area contributed by atoms with E-state index in [4.69, 9.17) is 9.84 Å². The Labute approximate surface area is 137 Å². The van der Waals surface area contributed by atoms with Crippen LogP contribution in [0.1, 0.15) is 5.69 Å². The van der Waals surface area contributed by atoms with E-state index in [1.165, 1.54) is 12.3 Å². The van der Waals surface area contributed by atoms with Crippen molar-refractivity contribution in [3.8, 4) is 5.75 Å². The first-order chi connectivity index (χ1) is 11.5. The van der Waals surface area contributed by atoms with Crippen LogP contribution in [0, 0.1) is 0 Å². The van der Waals surface area contributed by atoms with Crippen LogP contribution in [0.5, 0.6) is 5.75 Å². The first-order valence-corrected chi connectivity index (χ1v) is 7.43. The highest BCUT2D eigenvalue weighted by atomic mass is 16.6. The van der Waals surface area contributed by atoms with Gasteiger partial charge in [-0.15, -0.1) is 0 Å². The van der Waals surface area contributed by atoms with E-state index in [1.54, 1.807) is 24.3 Å². The molecule has 0 aliphatic carbocycles. The Hall–Kier alpha value is -2.10. The molecule has 5 N–H and O–H groups in total. The molecular formula is C16H18N2O6. The molecule has 1 aromatic carbocycles. The van der Waals surface area contributed by atoms with Crippen molar-refractivity contribution in [1.82, 2.24) is 4.98 Å². The summed E-state index contributed by atoms with van der Waals surface area (Å²) < 4.78 is 5.03. The van der Waals surface area contributed by atoms with E-state index in [2.05, 4.69) is 9.98 Å². The van der Waals surface area contributed by atoms with Crippen LogP contribution in [0.4, 0.5) is 0 Å². The fourth-order valence-corrected chi connectivity index (χ4v) is 2.62. The first kappa shape index (κ1) is 16.7. The van der Waals surface area contributed by atoms with E-state index in [0.29, 0.717) is 11.2 Å². The molecule has 1 fully saturated rings. The maximum absolute atomic E-state index is 10.0. The summed E-state index contributed by atoms with van der Waals surface area (Å²) in [5.41, 5.74) is 0.810. The molecule has 0 unspecified atom stereocenters. The second-order valence-electron chi connectivity index (χ2n) is 5.58. The number of phenols is 1. The van der Waals surface area contributed by atoms with Crippen LogP contribution in [0.3, 0.4) is 0 Å². The molecule has 0 spiro atoms. The molecule has 24 heavy (non-hydrogen) atoms. The topological polar surface area (TPSA) is 136 Å². The van der Waals surface area contributed by atoms with Crippen molar-refractivity contribution in [1.29, 1.82) is 0 Å². The lowest BCUT2D eigenvalue weighted by Crippen LogP contribution is -2.57. The van der Waals surface area contributed by atoms with Gasteiger partial charge in [-0.05, 0) is 12.1 Å². The van der Waals surface area contributed by atoms with Gasteiger partial charge in [0.1, 0.15) is 35.6 Å². The van der Waals surface area contributed by atoms with Crippen LogP contribution in [-0.2, 0) is 4.74 Å². The Bertz CT molecular complexity index is 752. The molecule has 1 aliphatic rings. The van der Waals surface area contributed by atoms with Crippen LogP contribution >= 0.6 is 0 Å². The Morgan fingerprint density at radius 2 is 1.92 bits per heavy atom. The van der Waals surface area contributed by atoms with E-state index < -0.39 is 37.3 Å². The number of fused-ring (bicyclic) bond motifs is 1. The van der Waals surface area contributed by atoms with E-state index in [1.807, 2.05) is 0 Å². The smallest absolute Gasteiger partial charge is 0.180 e. The van der Waals surface area contributed by atoms with Crippen molar-refractivity contribution in [3.05, 3.63) is 36.0 Å². The summed E-state index contributed by atoms with van der Waals surface area (Å²) in [7, 11) is 0. The number of hydrogen-bond acceptors (Lipinski definition) is 8. The summed E-state index contributed by atoms with van der Waals surface area (Å²) >= 11 is 0. The lowest BCUT2D eigenvalue weighted by atomic mass is 9.97. The van der Waals surface area contributed by atoms with Crippen molar-refractivity contribution in [2.75, 3.05) is 6.61 Å². The lowest BCUT2D eigenvalue weighted by molar-refractivity contribution is -0.248. The molecule has 1 aliphatic heterocycles. The minimum absolute atomic E-state index is 0.0324. The normalized spacial score (nSPS) is 30.9. The van der Waals surface area contributed by atoms with Gasteiger partial charge in [0.05, 0.1) is 12.3 Å². The van der Waals surface area contributed by atoms with Gasteiger partial charge in [0.15, 0.2) is 6.29 Å². The molecule has 0 saturated carbocycles. The fourth-order valence-electron chi connectivity index (χ4n) is 2.62. The Kier molecular flexibility index (Phi) is 4.74. The van der Waals surface area contributed by atoms with Gasteiger partial charge in [-0.2, -0.15) is 0 Å². The van der Waals surface area contributed by atoms with Crippen LogP contribution in [0.2, 0.25) is 0 Å². The predicted octanol–water partition coefficient (Wildman–Crippen LogP) is -0.841. The van der Waals surface area contributed by atoms with Crippen molar-refractivity contribution in [2.24, 2.45) is 4.99 Å². The van der Waals surface area contributed by atoms with E-state index in [9.17, 15) is 20.4 Å². The molecule has 0 radical (unpaired) electrons. The zero-order valence-corrected chi connectivity index (χ0v) is 12.6. The molecule has 5 atom stereocenters. The van der Waals surface area contributed by atoms with Crippen molar-refractivity contribution in [2.45, 2.75) is 30.6 Å². The predicted molar refractivity (Wildman–Crippen MR) is 84.8 cm³/mol. The van der Waals surface area contributed by atoms with E-state index in [-0.39, 0.29) is 5.75 Å². The second-order valence-corrected chi connectivity index (χ2v) is 5.58.